The third kappa shape index (κ3) is 7.17. The number of allylic oxidation sites excluding steroid dienone is 1. The third-order valence-electron chi connectivity index (χ3n) is 3.00. The summed E-state index contributed by atoms with van der Waals surface area (Å²) in [5, 5.41) is 10.9. The van der Waals surface area contributed by atoms with Crippen molar-refractivity contribution in [1.29, 1.82) is 0 Å². The van der Waals surface area contributed by atoms with Crippen molar-refractivity contribution in [3.05, 3.63) is 46.0 Å². The molecule has 0 spiro atoms. The highest BCUT2D eigenvalue weighted by Crippen LogP contribution is 2.47. The monoisotopic (exact) mass is 371 g/mol. The fraction of sp³-hybridized carbons (Fsp3) is 0.438. The van der Waals surface area contributed by atoms with Crippen molar-refractivity contribution in [2.24, 2.45) is 0 Å². The van der Waals surface area contributed by atoms with Crippen molar-refractivity contribution in [2.45, 2.75) is 20.8 Å². The van der Waals surface area contributed by atoms with Gasteiger partial charge in [0.1, 0.15) is 12.4 Å². The Hall–Kier alpha value is -2.02. The van der Waals surface area contributed by atoms with Gasteiger partial charge in [0.05, 0.1) is 30.4 Å². The number of carbonyl (C=O) groups is 1. The van der Waals surface area contributed by atoms with E-state index in [9.17, 15) is 19.5 Å². The SMILES string of the molecule is CCOP(=O)(C/C=C/COc1cc(C(C)=O)cc([N+](=O)[O-])c1)OCC. The Morgan fingerprint density at radius 2 is 1.84 bits per heavy atom. The van der Waals surface area contributed by atoms with Crippen LogP contribution in [0, 0.1) is 10.1 Å². The number of nitro groups is 1. The topological polar surface area (TPSA) is 105 Å². The number of nitro benzene ring substituents is 1. The van der Waals surface area contributed by atoms with Crippen LogP contribution < -0.4 is 4.74 Å². The van der Waals surface area contributed by atoms with Gasteiger partial charge in [-0.15, -0.1) is 0 Å². The van der Waals surface area contributed by atoms with E-state index in [2.05, 4.69) is 0 Å². The number of non-ortho nitro benzene ring substituents is 1. The van der Waals surface area contributed by atoms with E-state index < -0.39 is 12.5 Å². The fourth-order valence-electron chi connectivity index (χ4n) is 1.93. The molecule has 8 nitrogen and oxygen atoms in total. The third-order valence-corrected chi connectivity index (χ3v) is 4.96. The van der Waals surface area contributed by atoms with Gasteiger partial charge in [-0.05, 0) is 26.8 Å². The molecule has 0 aliphatic heterocycles. The van der Waals surface area contributed by atoms with E-state index >= 15 is 0 Å². The summed E-state index contributed by atoms with van der Waals surface area (Å²) in [4.78, 5) is 21.7. The summed E-state index contributed by atoms with van der Waals surface area (Å²) >= 11 is 0. The van der Waals surface area contributed by atoms with Crippen LogP contribution in [0.25, 0.3) is 0 Å². The highest BCUT2D eigenvalue weighted by molar-refractivity contribution is 7.54. The normalized spacial score (nSPS) is 11.6. The molecule has 0 saturated heterocycles. The largest absolute Gasteiger partial charge is 0.489 e. The molecular formula is C16H22NO7P. The molecule has 138 valence electrons. The smallest absolute Gasteiger partial charge is 0.334 e. The lowest BCUT2D eigenvalue weighted by Gasteiger charge is -2.14. The van der Waals surface area contributed by atoms with Crippen molar-refractivity contribution in [2.75, 3.05) is 26.0 Å². The quantitative estimate of drug-likeness (QED) is 0.190. The van der Waals surface area contributed by atoms with Crippen molar-refractivity contribution >= 4 is 19.1 Å². The second-order valence-electron chi connectivity index (χ2n) is 4.94. The van der Waals surface area contributed by atoms with Crippen LogP contribution in [0.3, 0.4) is 0 Å². The van der Waals surface area contributed by atoms with E-state index in [0.717, 1.165) is 0 Å². The van der Waals surface area contributed by atoms with Crippen LogP contribution in [-0.4, -0.2) is 36.7 Å². The van der Waals surface area contributed by atoms with E-state index in [-0.39, 0.29) is 48.8 Å². The second kappa shape index (κ2) is 10.1. The van der Waals surface area contributed by atoms with E-state index in [1.807, 2.05) is 0 Å². The van der Waals surface area contributed by atoms with Gasteiger partial charge in [-0.3, -0.25) is 19.5 Å². The van der Waals surface area contributed by atoms with Gasteiger partial charge in [0.2, 0.25) is 0 Å². The lowest BCUT2D eigenvalue weighted by molar-refractivity contribution is -0.385. The van der Waals surface area contributed by atoms with Gasteiger partial charge in [-0.2, -0.15) is 0 Å². The first kappa shape index (κ1) is 21.0. The van der Waals surface area contributed by atoms with Gasteiger partial charge in [-0.25, -0.2) is 0 Å². The molecular weight excluding hydrogens is 349 g/mol. The Balaban J connectivity index is 2.70. The van der Waals surface area contributed by atoms with Gasteiger partial charge >= 0.3 is 7.60 Å². The first-order valence-electron chi connectivity index (χ1n) is 7.77. The predicted octanol–water partition coefficient (Wildman–Crippen LogP) is 4.00. The summed E-state index contributed by atoms with van der Waals surface area (Å²) < 4.78 is 27.9. The van der Waals surface area contributed by atoms with Crippen LogP contribution in [0.15, 0.2) is 30.4 Å². The molecule has 25 heavy (non-hydrogen) atoms. The van der Waals surface area contributed by atoms with Crippen LogP contribution in [0.1, 0.15) is 31.1 Å². The van der Waals surface area contributed by atoms with Crippen LogP contribution >= 0.6 is 7.60 Å². The number of hydrogen-bond acceptors (Lipinski definition) is 7. The summed E-state index contributed by atoms with van der Waals surface area (Å²) in [6.45, 7) is 5.44. The summed E-state index contributed by atoms with van der Waals surface area (Å²) in [5.74, 6) is -0.0830. The van der Waals surface area contributed by atoms with Gasteiger partial charge in [0, 0.05) is 11.6 Å². The molecule has 0 saturated carbocycles. The molecule has 0 fully saturated rings. The highest BCUT2D eigenvalue weighted by Gasteiger charge is 2.21. The number of benzene rings is 1. The van der Waals surface area contributed by atoms with Crippen LogP contribution in [0.4, 0.5) is 5.69 Å². The summed E-state index contributed by atoms with van der Waals surface area (Å²) in [5.41, 5.74) is -0.0192. The number of ether oxygens (including phenoxy) is 1. The fourth-order valence-corrected chi connectivity index (χ4v) is 3.41. The minimum atomic E-state index is -3.15. The number of ketones is 1. The molecule has 9 heteroatoms. The molecule has 0 unspecified atom stereocenters. The van der Waals surface area contributed by atoms with Crippen molar-refractivity contribution in [3.63, 3.8) is 0 Å². The molecule has 0 heterocycles. The molecule has 0 aliphatic rings. The van der Waals surface area contributed by atoms with Crippen molar-refractivity contribution in [3.8, 4) is 5.75 Å². The minimum absolute atomic E-state index is 0.0940. The number of carbonyl (C=O) groups excluding carboxylic acids is 1. The van der Waals surface area contributed by atoms with Crippen LogP contribution in [-0.2, 0) is 13.6 Å². The molecule has 0 atom stereocenters. The van der Waals surface area contributed by atoms with Gasteiger partial charge < -0.3 is 13.8 Å². The molecule has 0 aromatic heterocycles. The maximum Gasteiger partial charge on any atom is 0.334 e. The van der Waals surface area contributed by atoms with Crippen LogP contribution in [0.5, 0.6) is 5.75 Å². The molecule has 1 aromatic rings. The number of nitrogens with zero attached hydrogens (tertiary/aromatic N) is 1. The van der Waals surface area contributed by atoms with Gasteiger partial charge in [0.25, 0.3) is 5.69 Å². The zero-order valence-electron chi connectivity index (χ0n) is 14.5. The molecule has 1 aromatic carbocycles. The molecule has 0 radical (unpaired) electrons. The average Bonchev–Trinajstić information content (AvgIpc) is 2.54. The number of hydrogen-bond donors (Lipinski definition) is 0. The first-order valence-corrected chi connectivity index (χ1v) is 9.50. The van der Waals surface area contributed by atoms with Gasteiger partial charge in [0.15, 0.2) is 5.78 Å². The standard InChI is InChI=1S/C16H22NO7P/c1-4-23-25(21,24-5-2)9-7-6-8-22-16-11-14(13(3)18)10-15(12-16)17(19)20/h6-7,10-12H,4-5,8-9H2,1-3H3/b7-6+. The van der Waals surface area contributed by atoms with E-state index in [1.165, 1.54) is 25.1 Å². The lowest BCUT2D eigenvalue weighted by Crippen LogP contribution is -2.01. The summed E-state index contributed by atoms with van der Waals surface area (Å²) in [6.07, 6.45) is 3.32. The predicted molar refractivity (Wildman–Crippen MR) is 93.5 cm³/mol. The van der Waals surface area contributed by atoms with Crippen molar-refractivity contribution in [1.82, 2.24) is 0 Å². The Bertz CT molecular complexity index is 645. The minimum Gasteiger partial charge on any atom is -0.489 e. The zero-order valence-corrected chi connectivity index (χ0v) is 15.4. The maximum absolute atomic E-state index is 12.2. The lowest BCUT2D eigenvalue weighted by atomic mass is 10.1. The Kier molecular flexibility index (Phi) is 8.48. The average molecular weight is 371 g/mol. The molecule has 0 amide bonds. The zero-order chi connectivity index (χ0) is 18.9. The summed E-state index contributed by atoms with van der Waals surface area (Å²) in [7, 11) is -3.15. The Morgan fingerprint density at radius 3 is 2.36 bits per heavy atom. The molecule has 0 aliphatic carbocycles. The maximum atomic E-state index is 12.2. The second-order valence-corrected chi connectivity index (χ2v) is 7.04. The van der Waals surface area contributed by atoms with Gasteiger partial charge in [-0.1, -0.05) is 12.2 Å². The Morgan fingerprint density at radius 1 is 1.20 bits per heavy atom. The van der Waals surface area contributed by atoms with E-state index in [4.69, 9.17) is 13.8 Å². The molecule has 1 rings (SSSR count). The molecule has 0 N–H and O–H groups in total. The van der Waals surface area contributed by atoms with Crippen LogP contribution in [0.2, 0.25) is 0 Å². The number of rotatable bonds is 11. The van der Waals surface area contributed by atoms with E-state index in [1.54, 1.807) is 26.0 Å². The Labute approximate surface area is 146 Å². The highest BCUT2D eigenvalue weighted by atomic mass is 31.2. The van der Waals surface area contributed by atoms with Crippen molar-refractivity contribution < 1.29 is 28.1 Å². The van der Waals surface area contributed by atoms with E-state index in [0.29, 0.717) is 0 Å². The number of Topliss-reactive ketones (excluding diaryl/α,β-unsaturated/α-hetero) is 1. The molecule has 0 bridgehead atoms. The summed E-state index contributed by atoms with van der Waals surface area (Å²) in [6, 6.07) is 3.88. The first-order chi connectivity index (χ1) is 11.8.